The van der Waals surface area contributed by atoms with Crippen LogP contribution in [-0.2, 0) is 13.1 Å². The maximum Gasteiger partial charge on any atom is 0.337 e. The largest absolute Gasteiger partial charge is 0.478 e. The second-order valence-electron chi connectivity index (χ2n) is 4.07. The number of pyridine rings is 1. The van der Waals surface area contributed by atoms with Gasteiger partial charge in [-0.25, -0.2) is 26.1 Å². The summed E-state index contributed by atoms with van der Waals surface area (Å²) in [5, 5.41) is 10.3. The van der Waals surface area contributed by atoms with Gasteiger partial charge in [0.05, 0.1) is 24.3 Å². The molecule has 0 bridgehead atoms. The van der Waals surface area contributed by atoms with Gasteiger partial charge in [-0.3, -0.25) is 15.0 Å². The summed E-state index contributed by atoms with van der Waals surface area (Å²) in [5.74, 6) is 9.54. The Morgan fingerprint density at radius 2 is 1.62 bits per heavy atom. The fourth-order valence-corrected chi connectivity index (χ4v) is 1.44. The van der Waals surface area contributed by atoms with E-state index in [1.165, 1.54) is 6.07 Å². The number of hydrogen-bond donors (Lipinski definition) is 5. The minimum Gasteiger partial charge on any atom is -0.478 e. The molecule has 0 atom stereocenters. The third kappa shape index (κ3) is 4.29. The topological polar surface area (TPSA) is 195 Å². The Morgan fingerprint density at radius 1 is 1.10 bits per heavy atom. The fourth-order valence-electron chi connectivity index (χ4n) is 1.44. The molecule has 1 rings (SSSR count). The third-order valence-electron chi connectivity index (χ3n) is 2.53. The Morgan fingerprint density at radius 3 is 2.10 bits per heavy atom. The number of aromatic nitrogens is 1. The van der Waals surface area contributed by atoms with Gasteiger partial charge in [0, 0.05) is 6.20 Å². The molecule has 0 saturated heterocycles. The first-order valence-corrected chi connectivity index (χ1v) is 5.56. The molecule has 0 radical (unpaired) electrons. The lowest BCUT2D eigenvalue weighted by atomic mass is 10.1. The van der Waals surface area contributed by atoms with Crippen molar-refractivity contribution < 1.29 is 19.5 Å². The lowest BCUT2D eigenvalue weighted by Gasteiger charge is -2.19. The summed E-state index contributed by atoms with van der Waals surface area (Å²) in [7, 11) is 0. The Bertz CT molecular complexity index is 577. The van der Waals surface area contributed by atoms with Crippen LogP contribution in [0.5, 0.6) is 0 Å². The molecule has 0 unspecified atom stereocenters. The van der Waals surface area contributed by atoms with Crippen molar-refractivity contribution in [2.24, 2.45) is 23.2 Å². The molecular weight excluding hydrogens is 282 g/mol. The Kier molecular flexibility index (Phi) is 4.99. The zero-order valence-electron chi connectivity index (χ0n) is 10.9. The third-order valence-corrected chi connectivity index (χ3v) is 2.53. The highest BCUT2D eigenvalue weighted by molar-refractivity contribution is 5.87. The summed E-state index contributed by atoms with van der Waals surface area (Å²) in [6.45, 7) is -0.386. The molecule has 11 heteroatoms. The minimum atomic E-state index is -1.21. The van der Waals surface area contributed by atoms with Gasteiger partial charge >= 0.3 is 18.0 Å². The van der Waals surface area contributed by atoms with E-state index in [-0.39, 0.29) is 29.9 Å². The Labute approximate surface area is 119 Å². The highest BCUT2D eigenvalue weighted by atomic mass is 16.4. The zero-order chi connectivity index (χ0) is 16.2. The van der Waals surface area contributed by atoms with E-state index >= 15 is 0 Å². The molecule has 0 aromatic carbocycles. The quantitative estimate of drug-likeness (QED) is 0.242. The molecule has 1 heterocycles. The maximum absolute atomic E-state index is 10.9. The Balaban J connectivity index is 3.13. The molecule has 1 aromatic rings. The predicted molar refractivity (Wildman–Crippen MR) is 69.8 cm³/mol. The van der Waals surface area contributed by atoms with Gasteiger partial charge in [0.25, 0.3) is 0 Å². The number of carboxylic acids is 1. The summed E-state index contributed by atoms with van der Waals surface area (Å²) >= 11 is 0. The van der Waals surface area contributed by atoms with Gasteiger partial charge in [0.2, 0.25) is 0 Å². The molecule has 0 spiro atoms. The van der Waals surface area contributed by atoms with Gasteiger partial charge in [-0.05, 0) is 11.6 Å². The highest BCUT2D eigenvalue weighted by Crippen LogP contribution is 2.12. The van der Waals surface area contributed by atoms with E-state index in [4.69, 9.17) is 28.3 Å². The number of aromatic carboxylic acids is 1. The van der Waals surface area contributed by atoms with Crippen molar-refractivity contribution in [1.82, 2.24) is 15.0 Å². The first-order chi connectivity index (χ1) is 9.72. The summed E-state index contributed by atoms with van der Waals surface area (Å²) in [6, 6.07) is -0.562. The molecule has 11 nitrogen and oxygen atoms in total. The molecule has 114 valence electrons. The molecule has 0 saturated carbocycles. The van der Waals surface area contributed by atoms with Crippen molar-refractivity contribution in [3.8, 4) is 0 Å². The average Bonchev–Trinajstić information content (AvgIpc) is 2.39. The van der Waals surface area contributed by atoms with Crippen LogP contribution < -0.4 is 23.2 Å². The van der Waals surface area contributed by atoms with Crippen LogP contribution in [0.1, 0.15) is 21.6 Å². The van der Waals surface area contributed by atoms with Crippen molar-refractivity contribution in [3.63, 3.8) is 0 Å². The molecule has 0 fully saturated rings. The van der Waals surface area contributed by atoms with Crippen molar-refractivity contribution in [3.05, 3.63) is 29.1 Å². The number of carbonyl (C=O) groups is 3. The van der Waals surface area contributed by atoms with Crippen LogP contribution in [0.15, 0.2) is 12.3 Å². The number of amides is 4. The van der Waals surface area contributed by atoms with Gasteiger partial charge in [0.1, 0.15) is 0 Å². The van der Waals surface area contributed by atoms with Crippen LogP contribution in [0.2, 0.25) is 0 Å². The smallest absolute Gasteiger partial charge is 0.337 e. The molecule has 21 heavy (non-hydrogen) atoms. The minimum absolute atomic E-state index is 0.116. The summed E-state index contributed by atoms with van der Waals surface area (Å²) in [4.78, 5) is 36.7. The number of rotatable bonds is 5. The molecule has 0 aliphatic heterocycles. The van der Waals surface area contributed by atoms with Crippen LogP contribution in [0.4, 0.5) is 9.59 Å². The number of carbonyl (C=O) groups excluding carboxylic acids is 2. The number of carboxylic acid groups (broad SMARTS) is 1. The van der Waals surface area contributed by atoms with E-state index in [1.54, 1.807) is 0 Å². The first-order valence-electron chi connectivity index (χ1n) is 5.56. The van der Waals surface area contributed by atoms with Gasteiger partial charge < -0.3 is 16.6 Å². The average molecular weight is 297 g/mol. The standard InChI is InChI=1S/C10H15N7O4/c11-9(20)16(13)3-6-1-5(8(18)19)2-15-7(6)4-17(14)10(12)21/h1-2H,3-4,13-14H2,(H2,11,20)(H2,12,21)(H,18,19). The molecule has 0 aliphatic rings. The molecule has 1 aromatic heterocycles. The van der Waals surface area contributed by atoms with E-state index in [9.17, 15) is 14.4 Å². The Hall–Kier alpha value is -2.92. The van der Waals surface area contributed by atoms with Crippen molar-refractivity contribution in [1.29, 1.82) is 0 Å². The van der Waals surface area contributed by atoms with Gasteiger partial charge in [-0.2, -0.15) is 0 Å². The summed E-state index contributed by atoms with van der Waals surface area (Å²) in [6.07, 6.45) is 1.08. The SMILES string of the molecule is NC(=O)N(N)Cc1cc(C(=O)O)cnc1CN(N)C(N)=O. The molecule has 9 N–H and O–H groups in total. The predicted octanol–water partition coefficient (Wildman–Crippen LogP) is -1.71. The maximum atomic E-state index is 10.9. The van der Waals surface area contributed by atoms with E-state index in [1.807, 2.05) is 0 Å². The normalized spacial score (nSPS) is 10.0. The highest BCUT2D eigenvalue weighted by Gasteiger charge is 2.16. The number of urea groups is 2. The van der Waals surface area contributed by atoms with Crippen LogP contribution in [0.3, 0.4) is 0 Å². The van der Waals surface area contributed by atoms with Gasteiger partial charge in [-0.1, -0.05) is 0 Å². The number of nitrogens with zero attached hydrogens (tertiary/aromatic N) is 3. The number of primary amides is 2. The van der Waals surface area contributed by atoms with E-state index in [0.717, 1.165) is 6.20 Å². The van der Waals surface area contributed by atoms with Gasteiger partial charge in [0.15, 0.2) is 0 Å². The second-order valence-corrected chi connectivity index (χ2v) is 4.07. The van der Waals surface area contributed by atoms with Crippen LogP contribution in [0.25, 0.3) is 0 Å². The second kappa shape index (κ2) is 6.49. The number of hydrogen-bond acceptors (Lipinski definition) is 6. The fraction of sp³-hybridized carbons (Fsp3) is 0.200. The van der Waals surface area contributed by atoms with E-state index < -0.39 is 18.0 Å². The summed E-state index contributed by atoms with van der Waals surface area (Å²) in [5.41, 5.74) is 10.4. The molecule has 4 amide bonds. The van der Waals surface area contributed by atoms with Crippen molar-refractivity contribution >= 4 is 18.0 Å². The summed E-state index contributed by atoms with van der Waals surface area (Å²) < 4.78 is 0. The first kappa shape index (κ1) is 16.1. The number of nitrogens with two attached hydrogens (primary N) is 4. The molecule has 0 aliphatic carbocycles. The lowest BCUT2D eigenvalue weighted by molar-refractivity contribution is 0.0696. The van der Waals surface area contributed by atoms with Crippen LogP contribution >= 0.6 is 0 Å². The van der Waals surface area contributed by atoms with Crippen LogP contribution in [-0.4, -0.2) is 38.1 Å². The van der Waals surface area contributed by atoms with E-state index in [0.29, 0.717) is 10.0 Å². The van der Waals surface area contributed by atoms with Crippen molar-refractivity contribution in [2.45, 2.75) is 13.1 Å². The van der Waals surface area contributed by atoms with Crippen molar-refractivity contribution in [2.75, 3.05) is 0 Å². The van der Waals surface area contributed by atoms with Crippen LogP contribution in [0, 0.1) is 0 Å². The van der Waals surface area contributed by atoms with Gasteiger partial charge in [-0.15, -0.1) is 0 Å². The monoisotopic (exact) mass is 297 g/mol. The lowest BCUT2D eigenvalue weighted by Crippen LogP contribution is -2.42. The molecular formula is C10H15N7O4. The zero-order valence-corrected chi connectivity index (χ0v) is 10.9. The van der Waals surface area contributed by atoms with E-state index in [2.05, 4.69) is 4.98 Å². The number of hydrazine groups is 2.